The molecule has 1 aliphatic carbocycles. The molecule has 8 bridgehead atoms. The van der Waals surface area contributed by atoms with Crippen molar-refractivity contribution >= 4 is 33.7 Å². The Morgan fingerprint density at radius 2 is 0.693 bits per heavy atom. The third kappa shape index (κ3) is 11.5. The number of aliphatic hydroxyl groups is 8. The zero-order valence-electron chi connectivity index (χ0n) is 44.2. The molecular formula is C57H41F16N3O12. The number of H-pyrrole nitrogens is 1. The first-order valence-electron chi connectivity index (χ1n) is 25.6. The number of fused-ring (bicyclic) bond motifs is 6. The molecule has 9 rings (SSSR count). The Balaban J connectivity index is 1.42. The summed E-state index contributed by atoms with van der Waals surface area (Å²) in [6.45, 7) is -9.09. The predicted octanol–water partition coefficient (Wildman–Crippen LogP) is 7.81. The first-order valence-corrected chi connectivity index (χ1v) is 25.6. The van der Waals surface area contributed by atoms with Crippen molar-refractivity contribution in [1.29, 1.82) is 0 Å². The fraction of sp³-hybridized carbons (Fsp3) is 0.263. The van der Waals surface area contributed by atoms with E-state index in [9.17, 15) is 40.9 Å². The number of aromatic nitrogens is 1. The molecule has 468 valence electrons. The smallest absolute Gasteiger partial charge is 0.204 e. The molecule has 4 heterocycles. The number of nitrogens with zero attached hydrogens (tertiary/aromatic N) is 2. The zero-order valence-corrected chi connectivity index (χ0v) is 44.2. The summed E-state index contributed by atoms with van der Waals surface area (Å²) in [5.41, 5.74) is -17.8. The van der Waals surface area contributed by atoms with Crippen molar-refractivity contribution in [2.75, 3.05) is 52.9 Å². The van der Waals surface area contributed by atoms with Crippen LogP contribution in [0.1, 0.15) is 52.9 Å². The van der Waals surface area contributed by atoms with E-state index in [1.54, 1.807) is 0 Å². The van der Waals surface area contributed by atoms with Crippen LogP contribution in [0.15, 0.2) is 69.0 Å². The molecule has 0 spiro atoms. The second-order valence-electron chi connectivity index (χ2n) is 19.5. The first kappa shape index (κ1) is 64.2. The number of rotatable bonds is 20. The van der Waals surface area contributed by atoms with Crippen molar-refractivity contribution in [2.24, 2.45) is 9.98 Å². The van der Waals surface area contributed by atoms with Crippen LogP contribution >= 0.6 is 0 Å². The summed E-state index contributed by atoms with van der Waals surface area (Å²) in [7, 11) is 0. The molecule has 0 fully saturated rings. The number of aliphatic imine (C=N–C) groups is 2. The number of hydrogen-bond acceptors (Lipinski definition) is 14. The van der Waals surface area contributed by atoms with Crippen LogP contribution < -0.4 is 18.9 Å². The van der Waals surface area contributed by atoms with Gasteiger partial charge in [0.2, 0.25) is 46.5 Å². The summed E-state index contributed by atoms with van der Waals surface area (Å²) in [4.78, 5) is 10.9. The van der Waals surface area contributed by atoms with Gasteiger partial charge < -0.3 is 64.8 Å². The molecule has 31 heteroatoms. The molecule has 1 aromatic heterocycles. The molecule has 3 aliphatic heterocycles. The molecule has 5 aromatic rings. The van der Waals surface area contributed by atoms with E-state index >= 15 is 70.2 Å². The van der Waals surface area contributed by atoms with E-state index in [-0.39, 0.29) is 0 Å². The van der Waals surface area contributed by atoms with E-state index < -0.39 is 303 Å². The molecular weight excluding hydrogens is 1220 g/mol. The SMILES string of the molecule is OCC(O)COc1c(F)c(F)c(C2=C3C=CC(=C(c4c(F)c(F)c(OCC(O)CO)c(F)c4F)C4=NC(=C(c5c(F)c(F)c(OCC(O)CO)c(F)c5F)c5ccc([nH]5)C(c5c(F)c(F)c(OCC(O)CO)c(F)c5F)=C5C=CC2=N5)CC4)C3)c(F)c1F. The normalized spacial score (nSPS) is 16.3. The van der Waals surface area contributed by atoms with Crippen LogP contribution in [-0.4, -0.2) is 135 Å². The fourth-order valence-corrected chi connectivity index (χ4v) is 9.61. The topological polar surface area (TPSA) is 239 Å². The van der Waals surface area contributed by atoms with Crippen molar-refractivity contribution in [3.63, 3.8) is 0 Å². The van der Waals surface area contributed by atoms with Crippen molar-refractivity contribution in [3.05, 3.63) is 186 Å². The minimum Gasteiger partial charge on any atom is -0.485 e. The van der Waals surface area contributed by atoms with Gasteiger partial charge in [-0.1, -0.05) is 12.2 Å². The summed E-state index contributed by atoms with van der Waals surface area (Å²) < 4.78 is 283. The maximum Gasteiger partial charge on any atom is 0.204 e. The highest BCUT2D eigenvalue weighted by atomic mass is 19.2. The highest BCUT2D eigenvalue weighted by molar-refractivity contribution is 6.33. The summed E-state index contributed by atoms with van der Waals surface area (Å²) in [6.07, 6.45) is -7.18. The summed E-state index contributed by atoms with van der Waals surface area (Å²) in [5.74, 6) is -44.8. The molecule has 15 nitrogen and oxygen atoms in total. The molecule has 0 saturated heterocycles. The van der Waals surface area contributed by atoms with Crippen LogP contribution in [0.3, 0.4) is 0 Å². The van der Waals surface area contributed by atoms with Gasteiger partial charge in [0.25, 0.3) is 0 Å². The molecule has 88 heavy (non-hydrogen) atoms. The highest BCUT2D eigenvalue weighted by Gasteiger charge is 2.40. The first-order chi connectivity index (χ1) is 41.8. The summed E-state index contributed by atoms with van der Waals surface area (Å²) in [6, 6.07) is 1.45. The number of nitrogens with one attached hydrogen (secondary N) is 1. The second-order valence-corrected chi connectivity index (χ2v) is 19.5. The van der Waals surface area contributed by atoms with Gasteiger partial charge in [-0.25, -0.2) is 40.1 Å². The van der Waals surface area contributed by atoms with Gasteiger partial charge in [0, 0.05) is 39.4 Å². The standard InChI is InChI=1S/C57H41F16N3O12/c58-38-34(39(59)47(67)54(46(38)66)85-14-20(81)10-77)30-18-1-2-19(9-18)31(35-40(60)48(68)55(49(69)41(35)61)86-15-21(82)11-78)25-4-6-27(75-25)33(37-44(64)52(72)57(53(73)45(37)65)88-17-23(84)13-80)29-8-7-28(76-29)32(26-5-3-24(30)74-26)36-42(62)50(70)56(51(71)43(36)63)87-16-22(83)12-79/h1-3,5,7-8,20-23,76-84H,4,6,9-17H2. The van der Waals surface area contributed by atoms with Crippen LogP contribution in [0, 0.1) is 93.1 Å². The molecule has 4 unspecified atom stereocenters. The Hall–Kier alpha value is -8.30. The third-order valence-electron chi connectivity index (χ3n) is 13.7. The van der Waals surface area contributed by atoms with E-state index in [0.29, 0.717) is 12.2 Å². The lowest BCUT2D eigenvalue weighted by atomic mass is 9.89. The van der Waals surface area contributed by atoms with Crippen LogP contribution in [-0.2, 0) is 0 Å². The molecule has 0 radical (unpaired) electrons. The molecule has 4 aromatic carbocycles. The van der Waals surface area contributed by atoms with Gasteiger partial charge in [0.05, 0.1) is 65.8 Å². The van der Waals surface area contributed by atoms with Crippen LogP contribution in [0.5, 0.6) is 23.0 Å². The van der Waals surface area contributed by atoms with Gasteiger partial charge in [0.15, 0.2) is 69.5 Å². The number of ether oxygens (including phenoxy) is 4. The summed E-state index contributed by atoms with van der Waals surface area (Å²) >= 11 is 0. The maximum absolute atomic E-state index is 16.8. The molecule has 4 aliphatic rings. The van der Waals surface area contributed by atoms with E-state index in [2.05, 4.69) is 15.0 Å². The van der Waals surface area contributed by atoms with E-state index in [4.69, 9.17) is 18.9 Å². The highest BCUT2D eigenvalue weighted by Crippen LogP contribution is 2.48. The monoisotopic (exact) mass is 1260 g/mol. The van der Waals surface area contributed by atoms with Gasteiger partial charge in [-0.15, -0.1) is 0 Å². The second kappa shape index (κ2) is 25.8. The minimum absolute atomic E-state index is 0.618. The Bertz CT molecular complexity index is 3850. The molecule has 0 amide bonds. The lowest BCUT2D eigenvalue weighted by Gasteiger charge is -2.19. The van der Waals surface area contributed by atoms with Crippen LogP contribution in [0.4, 0.5) is 70.2 Å². The average molecular weight is 1260 g/mol. The van der Waals surface area contributed by atoms with Crippen molar-refractivity contribution in [1.82, 2.24) is 4.98 Å². The third-order valence-corrected chi connectivity index (χ3v) is 13.7. The Morgan fingerprint density at radius 1 is 0.375 bits per heavy atom. The predicted molar refractivity (Wildman–Crippen MR) is 273 cm³/mol. The number of aliphatic hydroxyl groups excluding tert-OH is 8. The van der Waals surface area contributed by atoms with Crippen molar-refractivity contribution in [2.45, 2.75) is 43.7 Å². The molecule has 0 saturated carbocycles. The van der Waals surface area contributed by atoms with Gasteiger partial charge in [-0.3, -0.25) is 4.99 Å². The lowest BCUT2D eigenvalue weighted by molar-refractivity contribution is 0.0503. The van der Waals surface area contributed by atoms with E-state index in [1.807, 2.05) is 0 Å². The van der Waals surface area contributed by atoms with E-state index in [0.717, 1.165) is 24.3 Å². The number of allylic oxidation sites excluding steroid dienone is 9. The quantitative estimate of drug-likeness (QED) is 0.0268. The van der Waals surface area contributed by atoms with Crippen molar-refractivity contribution in [3.8, 4) is 23.0 Å². The van der Waals surface area contributed by atoms with E-state index in [1.165, 1.54) is 0 Å². The van der Waals surface area contributed by atoms with Gasteiger partial charge >= 0.3 is 0 Å². The fourth-order valence-electron chi connectivity index (χ4n) is 9.61. The van der Waals surface area contributed by atoms with Crippen molar-refractivity contribution < 1.29 is 130 Å². The Morgan fingerprint density at radius 3 is 1.06 bits per heavy atom. The minimum atomic E-state index is -2.37. The van der Waals surface area contributed by atoms with Crippen LogP contribution in [0.25, 0.3) is 22.3 Å². The number of halogens is 16. The average Bonchev–Trinajstić information content (AvgIpc) is 3.28. The molecule has 4 atom stereocenters. The van der Waals surface area contributed by atoms with Gasteiger partial charge in [-0.05, 0) is 54.7 Å². The van der Waals surface area contributed by atoms with Crippen LogP contribution in [0.2, 0.25) is 0 Å². The Labute approximate surface area is 483 Å². The zero-order chi connectivity index (χ0) is 64.1. The van der Waals surface area contributed by atoms with Gasteiger partial charge in [0.1, 0.15) is 50.8 Å². The number of benzene rings is 4. The lowest BCUT2D eigenvalue weighted by Crippen LogP contribution is -2.23. The Kier molecular flexibility index (Phi) is 18.8. The molecule has 9 N–H and O–H groups in total. The largest absolute Gasteiger partial charge is 0.485 e. The van der Waals surface area contributed by atoms with Gasteiger partial charge in [-0.2, -0.15) is 35.1 Å². The maximum atomic E-state index is 16.8. The number of hydrogen-bond donors (Lipinski definition) is 9. The summed E-state index contributed by atoms with van der Waals surface area (Å²) in [5, 5.41) is 76.0. The number of aromatic amines is 1.